The first-order valence-electron chi connectivity index (χ1n) is 14.2. The summed E-state index contributed by atoms with van der Waals surface area (Å²) < 4.78 is 11.7. The first-order valence-corrected chi connectivity index (χ1v) is 14.2. The minimum absolute atomic E-state index is 0.119. The number of ether oxygens (including phenoxy) is 2. The van der Waals surface area contributed by atoms with E-state index in [4.69, 9.17) is 9.47 Å². The molecule has 38 heavy (non-hydrogen) atoms. The van der Waals surface area contributed by atoms with Crippen molar-refractivity contribution in [2.45, 2.75) is 71.6 Å². The van der Waals surface area contributed by atoms with E-state index in [9.17, 15) is 14.4 Å². The van der Waals surface area contributed by atoms with Crippen molar-refractivity contribution in [3.8, 4) is 5.75 Å². The number of carbonyl (C=O) groups is 3. The molecule has 1 heterocycles. The van der Waals surface area contributed by atoms with E-state index in [1.807, 2.05) is 21.0 Å². The van der Waals surface area contributed by atoms with Gasteiger partial charge >= 0.3 is 18.0 Å². The van der Waals surface area contributed by atoms with Gasteiger partial charge in [0.15, 0.2) is 5.75 Å². The molecule has 216 valence electrons. The van der Waals surface area contributed by atoms with E-state index >= 15 is 0 Å². The summed E-state index contributed by atoms with van der Waals surface area (Å²) in [6.45, 7) is 8.28. The molecule has 0 saturated carbocycles. The van der Waals surface area contributed by atoms with Crippen LogP contribution in [0.4, 0.5) is 4.79 Å². The first kappa shape index (κ1) is 33.5. The van der Waals surface area contributed by atoms with Crippen LogP contribution in [0, 0.1) is 0 Å². The molecule has 1 rings (SSSR count). The topological polar surface area (TPSA) is 85.8 Å². The van der Waals surface area contributed by atoms with Crippen molar-refractivity contribution in [3.05, 3.63) is 24.0 Å². The average Bonchev–Trinajstić information content (AvgIpc) is 2.89. The maximum Gasteiger partial charge on any atom is 0.414 e. The highest BCUT2D eigenvalue weighted by atomic mass is 16.6. The number of unbranched alkanes of at least 4 members (excludes halogenated alkanes) is 7. The number of aromatic nitrogens is 1. The smallest absolute Gasteiger partial charge is 0.414 e. The molecular formula is C29H52N4O5+2. The lowest BCUT2D eigenvalue weighted by molar-refractivity contribution is -0.908. The van der Waals surface area contributed by atoms with Gasteiger partial charge in [-0.3, -0.25) is 9.28 Å². The van der Waals surface area contributed by atoms with Crippen LogP contribution in [-0.4, -0.2) is 105 Å². The van der Waals surface area contributed by atoms with Crippen LogP contribution < -0.4 is 4.74 Å². The van der Waals surface area contributed by atoms with Gasteiger partial charge in [0.05, 0.1) is 40.8 Å². The van der Waals surface area contributed by atoms with E-state index in [-0.39, 0.29) is 27.8 Å². The first-order chi connectivity index (χ1) is 18.0. The number of pyridine rings is 1. The van der Waals surface area contributed by atoms with Crippen LogP contribution in [0.3, 0.4) is 0 Å². The van der Waals surface area contributed by atoms with E-state index in [0.717, 1.165) is 43.4 Å². The lowest BCUT2D eigenvalue weighted by Crippen LogP contribution is -2.47. The van der Waals surface area contributed by atoms with Gasteiger partial charge in [-0.05, 0) is 44.7 Å². The fourth-order valence-corrected chi connectivity index (χ4v) is 4.18. The third-order valence-corrected chi connectivity index (χ3v) is 7.20. The van der Waals surface area contributed by atoms with Gasteiger partial charge in [-0.1, -0.05) is 32.6 Å². The van der Waals surface area contributed by atoms with E-state index < -0.39 is 6.09 Å². The number of nitrogens with zero attached hydrogens (tertiary/aromatic N) is 4. The minimum atomic E-state index is -0.537. The molecule has 1 aromatic heterocycles. The summed E-state index contributed by atoms with van der Waals surface area (Å²) in [7, 11) is 9.20. The molecule has 0 saturated heterocycles. The van der Waals surface area contributed by atoms with Gasteiger partial charge in [0, 0.05) is 26.7 Å². The Kier molecular flexibility index (Phi) is 15.1. The second-order valence-corrected chi connectivity index (χ2v) is 11.1. The Hall–Kier alpha value is -2.52. The summed E-state index contributed by atoms with van der Waals surface area (Å²) in [5, 5.41) is 0. The molecular weight excluding hydrogens is 484 g/mol. The van der Waals surface area contributed by atoms with E-state index in [2.05, 4.69) is 19.0 Å². The summed E-state index contributed by atoms with van der Waals surface area (Å²) in [6.07, 6.45) is 10.7. The molecule has 0 radical (unpaired) electrons. The van der Waals surface area contributed by atoms with Crippen LogP contribution in [0.1, 0.15) is 82.1 Å². The third-order valence-electron chi connectivity index (χ3n) is 7.20. The molecule has 0 bridgehead atoms. The Labute approximate surface area is 230 Å². The molecule has 0 aromatic carbocycles. The van der Waals surface area contributed by atoms with Gasteiger partial charge in [0.25, 0.3) is 0 Å². The quantitative estimate of drug-likeness (QED) is 0.151. The molecule has 9 nitrogen and oxygen atoms in total. The molecule has 0 aliphatic rings. The zero-order valence-corrected chi connectivity index (χ0v) is 25.0. The lowest BCUT2D eigenvalue weighted by Gasteiger charge is -2.33. The predicted octanol–water partition coefficient (Wildman–Crippen LogP) is 4.90. The summed E-state index contributed by atoms with van der Waals surface area (Å²) in [4.78, 5) is 42.0. The van der Waals surface area contributed by atoms with Crippen molar-refractivity contribution in [1.82, 2.24) is 9.88 Å². The molecule has 0 aliphatic carbocycles. The molecule has 0 aliphatic heterocycles. The van der Waals surface area contributed by atoms with E-state index in [0.29, 0.717) is 19.6 Å². The highest BCUT2D eigenvalue weighted by Gasteiger charge is 2.32. The minimum Gasteiger partial charge on any atom is -0.460 e. The van der Waals surface area contributed by atoms with Crippen molar-refractivity contribution in [2.24, 2.45) is 0 Å². The van der Waals surface area contributed by atoms with Crippen LogP contribution in [-0.2, 0) is 9.53 Å². The summed E-state index contributed by atoms with van der Waals surface area (Å²) in [6, 6.07) is 3.26. The zero-order valence-electron chi connectivity index (χ0n) is 25.0. The molecule has 0 fully saturated rings. The molecule has 0 N–H and O–H groups in total. The number of amides is 2. The largest absolute Gasteiger partial charge is 0.460 e. The fraction of sp³-hybridized carbons (Fsp3) is 0.724. The van der Waals surface area contributed by atoms with Crippen LogP contribution in [0.2, 0.25) is 0 Å². The number of carbonyl (C=O) groups excluding carboxylic acids is 3. The SMILES string of the molecule is CCC(=O)OCC[N+](C)(CC)CCCCCCCCCC[N+](C)(C)C(=O)c1ncccc1OC(=O)N(C)C. The summed E-state index contributed by atoms with van der Waals surface area (Å²) >= 11 is 0. The third kappa shape index (κ3) is 12.3. The number of esters is 1. The van der Waals surface area contributed by atoms with Crippen molar-refractivity contribution in [3.63, 3.8) is 0 Å². The van der Waals surface area contributed by atoms with Gasteiger partial charge in [0.1, 0.15) is 13.2 Å². The van der Waals surface area contributed by atoms with Gasteiger partial charge in [-0.25, -0.2) is 14.6 Å². The number of hydrogen-bond acceptors (Lipinski definition) is 6. The second-order valence-electron chi connectivity index (χ2n) is 11.1. The molecule has 0 spiro atoms. The monoisotopic (exact) mass is 536 g/mol. The van der Waals surface area contributed by atoms with E-state index in [1.165, 1.54) is 37.0 Å². The van der Waals surface area contributed by atoms with Crippen molar-refractivity contribution in [2.75, 3.05) is 68.0 Å². The normalized spacial score (nSPS) is 13.0. The highest BCUT2D eigenvalue weighted by Crippen LogP contribution is 2.21. The van der Waals surface area contributed by atoms with Gasteiger partial charge in [0.2, 0.25) is 5.69 Å². The Bertz CT molecular complexity index is 874. The maximum atomic E-state index is 13.2. The summed E-state index contributed by atoms with van der Waals surface area (Å²) in [5.74, 6) is -0.0828. The Morgan fingerprint density at radius 1 is 0.868 bits per heavy atom. The van der Waals surface area contributed by atoms with Crippen LogP contribution in [0.25, 0.3) is 0 Å². The summed E-state index contributed by atoms with van der Waals surface area (Å²) in [5.41, 5.74) is 0.187. The van der Waals surface area contributed by atoms with Gasteiger partial charge in [-0.15, -0.1) is 0 Å². The van der Waals surface area contributed by atoms with Crippen molar-refractivity contribution >= 4 is 18.0 Å². The molecule has 1 aromatic rings. The zero-order chi connectivity index (χ0) is 28.6. The highest BCUT2D eigenvalue weighted by molar-refractivity contribution is 5.90. The number of likely N-dealkylation sites (N-methyl/N-ethyl adjacent to an activating group) is 1. The molecule has 9 heteroatoms. The number of rotatable bonds is 18. The van der Waals surface area contributed by atoms with E-state index in [1.54, 1.807) is 32.4 Å². The van der Waals surface area contributed by atoms with Crippen molar-refractivity contribution < 1.29 is 32.8 Å². The van der Waals surface area contributed by atoms with Gasteiger partial charge in [-0.2, -0.15) is 0 Å². The Balaban J connectivity index is 2.28. The molecule has 1 unspecified atom stereocenters. The standard InChI is InChI=1S/C29H52N4O5/c1-8-26(34)37-24-23-33(7,9-2)22-17-15-13-11-10-12-14-16-21-32(5,6)28(35)27-25(19-18-20-30-27)38-29(36)31(3)4/h18-20H,8-17,21-24H2,1-7H3/q+2. The number of quaternary nitrogens is 2. The van der Waals surface area contributed by atoms with Gasteiger partial charge < -0.3 is 18.9 Å². The van der Waals surface area contributed by atoms with Crippen molar-refractivity contribution in [1.29, 1.82) is 0 Å². The predicted molar refractivity (Wildman–Crippen MR) is 150 cm³/mol. The second kappa shape index (κ2) is 17.1. The average molecular weight is 537 g/mol. The van der Waals surface area contributed by atoms with Crippen LogP contribution >= 0.6 is 0 Å². The fourth-order valence-electron chi connectivity index (χ4n) is 4.18. The Morgan fingerprint density at radius 3 is 2.00 bits per heavy atom. The Morgan fingerprint density at radius 2 is 1.45 bits per heavy atom. The number of hydrogen-bond donors (Lipinski definition) is 0. The maximum absolute atomic E-state index is 13.2. The molecule has 2 amide bonds. The van der Waals surface area contributed by atoms with Crippen LogP contribution in [0.15, 0.2) is 18.3 Å². The van der Waals surface area contributed by atoms with Crippen LogP contribution in [0.5, 0.6) is 5.75 Å². The molecule has 1 atom stereocenters. The lowest BCUT2D eigenvalue weighted by atomic mass is 10.1.